The van der Waals surface area contributed by atoms with Crippen LogP contribution in [0, 0.1) is 5.41 Å². The second-order valence-electron chi connectivity index (χ2n) is 5.47. The molecular weight excluding hydrogens is 232 g/mol. The standard InChI is InChI=1S/C14H20S2/c1-11-4-5-12-10-14(7-6-13(11,12)2)15-8-3-9-16-14/h10H,1,3-9H2,2H3/t13-/m1/s1. The van der Waals surface area contributed by atoms with Gasteiger partial charge in [-0.15, -0.1) is 23.5 Å². The van der Waals surface area contributed by atoms with E-state index in [0.29, 0.717) is 9.49 Å². The van der Waals surface area contributed by atoms with Crippen molar-refractivity contribution in [3.05, 3.63) is 23.8 Å². The summed E-state index contributed by atoms with van der Waals surface area (Å²) in [4.78, 5) is 0. The van der Waals surface area contributed by atoms with E-state index in [-0.39, 0.29) is 0 Å². The molecule has 2 fully saturated rings. The molecule has 0 aromatic rings. The zero-order valence-electron chi connectivity index (χ0n) is 10.1. The molecule has 0 amide bonds. The van der Waals surface area contributed by atoms with Gasteiger partial charge in [-0.1, -0.05) is 30.7 Å². The lowest BCUT2D eigenvalue weighted by atomic mass is 9.74. The van der Waals surface area contributed by atoms with Gasteiger partial charge in [-0.25, -0.2) is 0 Å². The van der Waals surface area contributed by atoms with Crippen LogP contribution in [0.2, 0.25) is 0 Å². The Bertz CT molecular complexity index is 350. The Morgan fingerprint density at radius 1 is 1.19 bits per heavy atom. The van der Waals surface area contributed by atoms with Gasteiger partial charge >= 0.3 is 0 Å². The number of fused-ring (bicyclic) bond motifs is 1. The average molecular weight is 252 g/mol. The first-order valence-electron chi connectivity index (χ1n) is 6.33. The highest BCUT2D eigenvalue weighted by atomic mass is 32.2. The molecule has 1 saturated heterocycles. The van der Waals surface area contributed by atoms with Crippen molar-refractivity contribution in [2.45, 2.75) is 43.1 Å². The molecule has 16 heavy (non-hydrogen) atoms. The molecule has 0 aromatic heterocycles. The van der Waals surface area contributed by atoms with Crippen LogP contribution in [0.1, 0.15) is 39.0 Å². The summed E-state index contributed by atoms with van der Waals surface area (Å²) in [7, 11) is 0. The third-order valence-electron chi connectivity index (χ3n) is 4.53. The lowest BCUT2D eigenvalue weighted by Gasteiger charge is -2.43. The van der Waals surface area contributed by atoms with Crippen LogP contribution in [0.15, 0.2) is 23.8 Å². The van der Waals surface area contributed by atoms with Crippen molar-refractivity contribution < 1.29 is 0 Å². The predicted octanol–water partition coefficient (Wildman–Crippen LogP) is 4.63. The Morgan fingerprint density at radius 2 is 1.94 bits per heavy atom. The van der Waals surface area contributed by atoms with Gasteiger partial charge in [0.25, 0.3) is 0 Å². The van der Waals surface area contributed by atoms with E-state index in [4.69, 9.17) is 0 Å². The summed E-state index contributed by atoms with van der Waals surface area (Å²) in [5.41, 5.74) is 3.55. The maximum Gasteiger partial charge on any atom is 0.0794 e. The summed E-state index contributed by atoms with van der Waals surface area (Å²) in [5, 5.41) is 0. The summed E-state index contributed by atoms with van der Waals surface area (Å²) in [6.07, 6.45) is 9.21. The van der Waals surface area contributed by atoms with Gasteiger partial charge < -0.3 is 0 Å². The average Bonchev–Trinajstić information content (AvgIpc) is 2.58. The van der Waals surface area contributed by atoms with E-state index in [1.165, 1.54) is 49.2 Å². The molecule has 3 aliphatic rings. The minimum atomic E-state index is 0.365. The number of hydrogen-bond donors (Lipinski definition) is 0. The first-order chi connectivity index (χ1) is 7.65. The molecule has 0 N–H and O–H groups in total. The lowest BCUT2D eigenvalue weighted by molar-refractivity contribution is 0.420. The van der Waals surface area contributed by atoms with Crippen LogP contribution in [-0.2, 0) is 0 Å². The summed E-state index contributed by atoms with van der Waals surface area (Å²) in [6.45, 7) is 6.71. The van der Waals surface area contributed by atoms with E-state index >= 15 is 0 Å². The molecule has 1 aliphatic heterocycles. The minimum absolute atomic E-state index is 0.365. The van der Waals surface area contributed by atoms with Crippen LogP contribution in [0.5, 0.6) is 0 Å². The molecule has 1 atom stereocenters. The molecule has 0 aromatic carbocycles. The monoisotopic (exact) mass is 252 g/mol. The molecule has 2 heteroatoms. The zero-order chi connectivity index (χ0) is 11.2. The lowest BCUT2D eigenvalue weighted by Crippen LogP contribution is -2.32. The fraction of sp³-hybridized carbons (Fsp3) is 0.714. The number of hydrogen-bond acceptors (Lipinski definition) is 2. The van der Waals surface area contributed by atoms with E-state index in [2.05, 4.69) is 43.1 Å². The van der Waals surface area contributed by atoms with Gasteiger partial charge in [0.2, 0.25) is 0 Å². The van der Waals surface area contributed by atoms with Crippen molar-refractivity contribution in [3.8, 4) is 0 Å². The molecule has 1 saturated carbocycles. The second-order valence-corrected chi connectivity index (χ2v) is 8.58. The smallest absolute Gasteiger partial charge is 0.0794 e. The Kier molecular flexibility index (Phi) is 2.71. The topological polar surface area (TPSA) is 0 Å². The van der Waals surface area contributed by atoms with E-state index in [0.717, 1.165) is 0 Å². The Labute approximate surface area is 107 Å². The maximum atomic E-state index is 4.29. The normalized spacial score (nSPS) is 37.3. The number of allylic oxidation sites excluding steroid dienone is 2. The van der Waals surface area contributed by atoms with Gasteiger partial charge in [0, 0.05) is 5.41 Å². The van der Waals surface area contributed by atoms with Crippen molar-refractivity contribution in [3.63, 3.8) is 0 Å². The van der Waals surface area contributed by atoms with Crippen molar-refractivity contribution in [1.82, 2.24) is 0 Å². The highest BCUT2D eigenvalue weighted by molar-refractivity contribution is 8.19. The second kappa shape index (κ2) is 3.84. The van der Waals surface area contributed by atoms with Crippen LogP contribution in [0.4, 0.5) is 0 Å². The maximum absolute atomic E-state index is 4.29. The summed E-state index contributed by atoms with van der Waals surface area (Å²) in [6, 6.07) is 0. The van der Waals surface area contributed by atoms with E-state index in [1.54, 1.807) is 5.57 Å². The van der Waals surface area contributed by atoms with Gasteiger partial charge in [-0.3, -0.25) is 0 Å². The zero-order valence-corrected chi connectivity index (χ0v) is 11.7. The van der Waals surface area contributed by atoms with Crippen LogP contribution < -0.4 is 0 Å². The van der Waals surface area contributed by atoms with E-state index in [1.807, 2.05) is 0 Å². The van der Waals surface area contributed by atoms with Crippen molar-refractivity contribution >= 4 is 23.5 Å². The van der Waals surface area contributed by atoms with Crippen LogP contribution in [0.25, 0.3) is 0 Å². The van der Waals surface area contributed by atoms with Gasteiger partial charge in [0.1, 0.15) is 0 Å². The summed E-state index contributed by atoms with van der Waals surface area (Å²) in [5.74, 6) is 2.71. The highest BCUT2D eigenvalue weighted by Gasteiger charge is 2.45. The Hall–Kier alpha value is 0.180. The molecule has 0 radical (unpaired) electrons. The third kappa shape index (κ3) is 1.60. The molecule has 0 nitrogen and oxygen atoms in total. The first kappa shape index (κ1) is 11.3. The Balaban J connectivity index is 1.93. The van der Waals surface area contributed by atoms with Gasteiger partial charge in [-0.2, -0.15) is 0 Å². The number of rotatable bonds is 0. The minimum Gasteiger partial charge on any atom is -0.140 e. The van der Waals surface area contributed by atoms with Crippen LogP contribution in [0.3, 0.4) is 0 Å². The summed E-state index contributed by atoms with van der Waals surface area (Å²) < 4.78 is 0.442. The molecule has 0 bridgehead atoms. The molecule has 3 rings (SSSR count). The van der Waals surface area contributed by atoms with Gasteiger partial charge in [0.05, 0.1) is 4.08 Å². The molecule has 0 unspecified atom stereocenters. The number of thioether (sulfide) groups is 2. The Morgan fingerprint density at radius 3 is 2.69 bits per heavy atom. The molecule has 1 heterocycles. The molecule has 1 spiro atoms. The highest BCUT2D eigenvalue weighted by Crippen LogP contribution is 2.59. The molecular formula is C14H20S2. The van der Waals surface area contributed by atoms with Crippen LogP contribution in [-0.4, -0.2) is 15.6 Å². The molecule has 2 aliphatic carbocycles. The van der Waals surface area contributed by atoms with E-state index < -0.39 is 0 Å². The fourth-order valence-electron chi connectivity index (χ4n) is 3.21. The SMILES string of the molecule is C=C1CCC2=CC3(CC[C@]12C)SCCCS3. The van der Waals surface area contributed by atoms with Crippen molar-refractivity contribution in [2.24, 2.45) is 5.41 Å². The van der Waals surface area contributed by atoms with Gasteiger partial charge in [0.15, 0.2) is 0 Å². The fourth-order valence-corrected chi connectivity index (χ4v) is 6.44. The summed E-state index contributed by atoms with van der Waals surface area (Å²) >= 11 is 4.38. The van der Waals surface area contributed by atoms with E-state index in [9.17, 15) is 0 Å². The third-order valence-corrected chi connectivity index (χ3v) is 7.85. The van der Waals surface area contributed by atoms with Crippen LogP contribution >= 0.6 is 23.5 Å². The predicted molar refractivity (Wildman–Crippen MR) is 76.1 cm³/mol. The first-order valence-corrected chi connectivity index (χ1v) is 8.30. The largest absolute Gasteiger partial charge is 0.140 e. The molecule has 88 valence electrons. The van der Waals surface area contributed by atoms with Crippen molar-refractivity contribution in [1.29, 1.82) is 0 Å². The van der Waals surface area contributed by atoms with Gasteiger partial charge in [-0.05, 0) is 43.6 Å². The van der Waals surface area contributed by atoms with Crippen molar-refractivity contribution in [2.75, 3.05) is 11.5 Å². The quantitative estimate of drug-likeness (QED) is 0.577.